The van der Waals surface area contributed by atoms with Crippen molar-refractivity contribution in [1.82, 2.24) is 24.7 Å². The van der Waals surface area contributed by atoms with Crippen molar-refractivity contribution < 1.29 is 18.4 Å². The minimum absolute atomic E-state index is 0.173. The van der Waals surface area contributed by atoms with Crippen LogP contribution in [0, 0.1) is 12.7 Å². The fourth-order valence-electron chi connectivity index (χ4n) is 2.46. The van der Waals surface area contributed by atoms with Crippen LogP contribution in [0.25, 0.3) is 17.1 Å². The van der Waals surface area contributed by atoms with Gasteiger partial charge in [0.2, 0.25) is 5.82 Å². The fourth-order valence-corrected chi connectivity index (χ4v) is 2.46. The summed E-state index contributed by atoms with van der Waals surface area (Å²) in [6.07, 6.45) is 3.27. The van der Waals surface area contributed by atoms with E-state index in [-0.39, 0.29) is 29.7 Å². The Morgan fingerprint density at radius 1 is 1.31 bits per heavy atom. The van der Waals surface area contributed by atoms with Crippen LogP contribution in [0.4, 0.5) is 4.39 Å². The molecule has 0 bridgehead atoms. The molecule has 0 aliphatic rings. The summed E-state index contributed by atoms with van der Waals surface area (Å²) in [6, 6.07) is 7.34. The molecule has 8 nitrogen and oxygen atoms in total. The molecule has 0 radical (unpaired) electrons. The van der Waals surface area contributed by atoms with Crippen LogP contribution in [0.2, 0.25) is 0 Å². The number of halogens is 1. The Morgan fingerprint density at radius 2 is 2.12 bits per heavy atom. The highest BCUT2D eigenvalue weighted by molar-refractivity contribution is 5.97. The van der Waals surface area contributed by atoms with Gasteiger partial charge in [-0.25, -0.2) is 18.7 Å². The molecule has 0 N–H and O–H groups in total. The lowest BCUT2D eigenvalue weighted by Gasteiger charge is -2.00. The molecule has 4 rings (SSSR count). The standard InChI is InChI=1S/C17H12FN5O3/c1-10-14(15-19-7-2-8-23(15)21-10)17(24)25-9-13-20-16(26-22-13)11-3-5-12(18)6-4-11/h2-8H,9H2,1H3. The molecule has 0 amide bonds. The summed E-state index contributed by atoms with van der Waals surface area (Å²) >= 11 is 0. The molecular formula is C17H12FN5O3. The fraction of sp³-hybridized carbons (Fsp3) is 0.118. The first-order chi connectivity index (χ1) is 12.6. The topological polar surface area (TPSA) is 95.4 Å². The van der Waals surface area contributed by atoms with Gasteiger partial charge in [-0.15, -0.1) is 0 Å². The van der Waals surface area contributed by atoms with E-state index in [1.165, 1.54) is 28.8 Å². The van der Waals surface area contributed by atoms with Crippen LogP contribution < -0.4 is 0 Å². The summed E-state index contributed by atoms with van der Waals surface area (Å²) < 4.78 is 24.8. The Bertz CT molecular complexity index is 1090. The van der Waals surface area contributed by atoms with Gasteiger partial charge in [0.1, 0.15) is 11.4 Å². The average Bonchev–Trinajstić information content (AvgIpc) is 3.24. The number of hydrogen-bond acceptors (Lipinski definition) is 7. The number of ether oxygens (including phenoxy) is 1. The highest BCUT2D eigenvalue weighted by atomic mass is 19.1. The van der Waals surface area contributed by atoms with Crippen molar-refractivity contribution in [2.45, 2.75) is 13.5 Å². The van der Waals surface area contributed by atoms with E-state index < -0.39 is 5.97 Å². The van der Waals surface area contributed by atoms with Gasteiger partial charge >= 0.3 is 5.97 Å². The van der Waals surface area contributed by atoms with Gasteiger partial charge in [0.05, 0.1) is 5.69 Å². The molecule has 3 heterocycles. The van der Waals surface area contributed by atoms with Gasteiger partial charge in [0.25, 0.3) is 5.89 Å². The zero-order valence-electron chi connectivity index (χ0n) is 13.6. The van der Waals surface area contributed by atoms with Crippen molar-refractivity contribution in [3.63, 3.8) is 0 Å². The summed E-state index contributed by atoms with van der Waals surface area (Å²) in [5.41, 5.74) is 1.77. The number of carbonyl (C=O) groups excluding carboxylic acids is 1. The van der Waals surface area contributed by atoms with E-state index in [9.17, 15) is 9.18 Å². The van der Waals surface area contributed by atoms with Crippen LogP contribution in [0.5, 0.6) is 0 Å². The third kappa shape index (κ3) is 2.90. The van der Waals surface area contributed by atoms with E-state index >= 15 is 0 Å². The summed E-state index contributed by atoms with van der Waals surface area (Å²) in [6.45, 7) is 1.53. The lowest BCUT2D eigenvalue weighted by Crippen LogP contribution is -2.07. The van der Waals surface area contributed by atoms with Crippen LogP contribution in [-0.4, -0.2) is 30.7 Å². The van der Waals surface area contributed by atoms with Crippen molar-refractivity contribution >= 4 is 11.6 Å². The summed E-state index contributed by atoms with van der Waals surface area (Å²) in [4.78, 5) is 20.7. The Balaban J connectivity index is 1.50. The van der Waals surface area contributed by atoms with Crippen molar-refractivity contribution in [3.8, 4) is 11.5 Å². The third-order valence-corrected chi connectivity index (χ3v) is 3.67. The molecule has 0 atom stereocenters. The normalized spacial score (nSPS) is 11.0. The first-order valence-electron chi connectivity index (χ1n) is 7.67. The quantitative estimate of drug-likeness (QED) is 0.520. The SMILES string of the molecule is Cc1nn2cccnc2c1C(=O)OCc1noc(-c2ccc(F)cc2)n1. The van der Waals surface area contributed by atoms with Crippen molar-refractivity contribution in [3.05, 3.63) is 65.6 Å². The van der Waals surface area contributed by atoms with Crippen LogP contribution in [0.1, 0.15) is 21.9 Å². The maximum absolute atomic E-state index is 13.0. The molecule has 9 heteroatoms. The lowest BCUT2D eigenvalue weighted by molar-refractivity contribution is 0.0461. The van der Waals surface area contributed by atoms with Crippen LogP contribution in [-0.2, 0) is 11.3 Å². The highest BCUT2D eigenvalue weighted by Gasteiger charge is 2.20. The molecule has 0 aliphatic heterocycles. The number of hydrogen-bond donors (Lipinski definition) is 0. The highest BCUT2D eigenvalue weighted by Crippen LogP contribution is 2.18. The van der Waals surface area contributed by atoms with E-state index in [2.05, 4.69) is 20.2 Å². The molecule has 3 aromatic heterocycles. The van der Waals surface area contributed by atoms with Gasteiger partial charge < -0.3 is 9.26 Å². The number of carbonyl (C=O) groups is 1. The van der Waals surface area contributed by atoms with Gasteiger partial charge in [-0.05, 0) is 37.3 Å². The van der Waals surface area contributed by atoms with Gasteiger partial charge in [-0.1, -0.05) is 5.16 Å². The van der Waals surface area contributed by atoms with Crippen molar-refractivity contribution in [2.24, 2.45) is 0 Å². The molecule has 0 aliphatic carbocycles. The molecule has 0 saturated carbocycles. The minimum atomic E-state index is -0.579. The molecule has 130 valence electrons. The van der Waals surface area contributed by atoms with Crippen molar-refractivity contribution in [2.75, 3.05) is 0 Å². The first kappa shape index (κ1) is 15.9. The predicted molar refractivity (Wildman–Crippen MR) is 86.5 cm³/mol. The van der Waals surface area contributed by atoms with Gasteiger partial charge in [0, 0.05) is 18.0 Å². The second-order valence-electron chi connectivity index (χ2n) is 5.45. The molecule has 0 spiro atoms. The number of fused-ring (bicyclic) bond motifs is 1. The predicted octanol–water partition coefficient (Wildman–Crippen LogP) is 2.58. The van der Waals surface area contributed by atoms with Crippen molar-refractivity contribution in [1.29, 1.82) is 0 Å². The summed E-state index contributed by atoms with van der Waals surface area (Å²) in [7, 11) is 0. The Labute approximate surface area is 146 Å². The zero-order valence-corrected chi connectivity index (χ0v) is 13.6. The molecule has 4 aromatic rings. The number of nitrogens with zero attached hydrogens (tertiary/aromatic N) is 5. The Kier molecular flexibility index (Phi) is 3.88. The smallest absolute Gasteiger partial charge is 0.344 e. The van der Waals surface area contributed by atoms with E-state index in [0.717, 1.165) is 0 Å². The average molecular weight is 353 g/mol. The van der Waals surface area contributed by atoms with E-state index in [1.54, 1.807) is 25.4 Å². The van der Waals surface area contributed by atoms with E-state index in [0.29, 0.717) is 16.9 Å². The second kappa shape index (κ2) is 6.36. The molecule has 0 fully saturated rings. The maximum Gasteiger partial charge on any atom is 0.344 e. The van der Waals surface area contributed by atoms with Crippen LogP contribution >= 0.6 is 0 Å². The molecule has 1 aromatic carbocycles. The Hall–Kier alpha value is -3.62. The first-order valence-corrected chi connectivity index (χ1v) is 7.67. The monoisotopic (exact) mass is 353 g/mol. The van der Waals surface area contributed by atoms with Gasteiger partial charge in [0.15, 0.2) is 12.3 Å². The van der Waals surface area contributed by atoms with E-state index in [1.807, 2.05) is 0 Å². The second-order valence-corrected chi connectivity index (χ2v) is 5.45. The summed E-state index contributed by atoms with van der Waals surface area (Å²) in [5, 5.41) is 7.97. The zero-order chi connectivity index (χ0) is 18.1. The number of aromatic nitrogens is 5. The third-order valence-electron chi connectivity index (χ3n) is 3.67. The molecule has 26 heavy (non-hydrogen) atoms. The lowest BCUT2D eigenvalue weighted by atomic mass is 10.2. The van der Waals surface area contributed by atoms with Crippen LogP contribution in [0.15, 0.2) is 47.2 Å². The van der Waals surface area contributed by atoms with Gasteiger partial charge in [-0.3, -0.25) is 0 Å². The Morgan fingerprint density at radius 3 is 2.92 bits per heavy atom. The minimum Gasteiger partial charge on any atom is -0.454 e. The van der Waals surface area contributed by atoms with Gasteiger partial charge in [-0.2, -0.15) is 10.1 Å². The largest absolute Gasteiger partial charge is 0.454 e. The summed E-state index contributed by atoms with van der Waals surface area (Å²) in [5.74, 6) is -0.534. The number of esters is 1. The maximum atomic E-state index is 13.0. The van der Waals surface area contributed by atoms with E-state index in [4.69, 9.17) is 9.26 Å². The number of rotatable bonds is 4. The molecule has 0 unspecified atom stereocenters. The molecular weight excluding hydrogens is 341 g/mol. The number of benzene rings is 1. The molecule has 0 saturated heterocycles. The number of aryl methyl sites for hydroxylation is 1. The van der Waals surface area contributed by atoms with Crippen LogP contribution in [0.3, 0.4) is 0 Å².